The Morgan fingerprint density at radius 1 is 1.53 bits per heavy atom. The maximum absolute atomic E-state index is 9.77. The molecule has 5 heteroatoms. The van der Waals surface area contributed by atoms with Gasteiger partial charge in [0.05, 0.1) is 17.3 Å². The quantitative estimate of drug-likeness (QED) is 0.897. The summed E-state index contributed by atoms with van der Waals surface area (Å²) in [6.07, 6.45) is 3.97. The lowest BCUT2D eigenvalue weighted by molar-refractivity contribution is 0.129. The van der Waals surface area contributed by atoms with Crippen molar-refractivity contribution in [3.05, 3.63) is 11.7 Å². The highest BCUT2D eigenvalue weighted by Crippen LogP contribution is 2.37. The van der Waals surface area contributed by atoms with Gasteiger partial charge in [0.1, 0.15) is 0 Å². The van der Waals surface area contributed by atoms with Crippen LogP contribution in [-0.2, 0) is 0 Å². The van der Waals surface area contributed by atoms with E-state index in [1.165, 1.54) is 18.6 Å². The van der Waals surface area contributed by atoms with Crippen molar-refractivity contribution in [3.63, 3.8) is 0 Å². The third kappa shape index (κ3) is 3.01. The van der Waals surface area contributed by atoms with Crippen molar-refractivity contribution in [1.82, 2.24) is 10.1 Å². The Balaban J connectivity index is 2.04. The highest BCUT2D eigenvalue weighted by Gasteiger charge is 2.25. The largest absolute Gasteiger partial charge is 0.392 e. The maximum atomic E-state index is 9.77. The molecule has 2 heterocycles. The molecule has 1 aliphatic heterocycles. The van der Waals surface area contributed by atoms with Crippen molar-refractivity contribution in [2.24, 2.45) is 0 Å². The number of aromatic nitrogens is 2. The lowest BCUT2D eigenvalue weighted by Gasteiger charge is -2.17. The van der Waals surface area contributed by atoms with Gasteiger partial charge in [0.15, 0.2) is 5.82 Å². The van der Waals surface area contributed by atoms with Gasteiger partial charge in [-0.05, 0) is 25.0 Å². The third-order valence-electron chi connectivity index (χ3n) is 3.31. The van der Waals surface area contributed by atoms with Crippen LogP contribution < -0.4 is 0 Å². The predicted octanol–water partition coefficient (Wildman–Crippen LogP) is 2.90. The zero-order chi connectivity index (χ0) is 12.3. The standard InChI is InChI=1S/C12H20N2O2S/c1-3-9(15)8(2)12-13-11(14-16-12)10-6-4-5-7-17-10/h8-10,15H,3-7H2,1-2H3. The van der Waals surface area contributed by atoms with Gasteiger partial charge in [0.2, 0.25) is 5.89 Å². The van der Waals surface area contributed by atoms with Gasteiger partial charge < -0.3 is 9.63 Å². The molecule has 17 heavy (non-hydrogen) atoms. The first kappa shape index (κ1) is 12.9. The van der Waals surface area contributed by atoms with Gasteiger partial charge in [0, 0.05) is 0 Å². The molecule has 4 nitrogen and oxygen atoms in total. The molecule has 1 aromatic rings. The summed E-state index contributed by atoms with van der Waals surface area (Å²) in [5.74, 6) is 2.48. The van der Waals surface area contributed by atoms with Gasteiger partial charge in [-0.1, -0.05) is 25.4 Å². The van der Waals surface area contributed by atoms with Crippen LogP contribution in [0, 0.1) is 0 Å². The molecular weight excluding hydrogens is 236 g/mol. The van der Waals surface area contributed by atoms with Crippen LogP contribution in [-0.4, -0.2) is 27.1 Å². The summed E-state index contributed by atoms with van der Waals surface area (Å²) in [5, 5.41) is 14.2. The van der Waals surface area contributed by atoms with E-state index in [0.717, 1.165) is 12.2 Å². The number of aliphatic hydroxyl groups is 1. The van der Waals surface area contributed by atoms with E-state index in [4.69, 9.17) is 4.52 Å². The molecule has 0 aromatic carbocycles. The average molecular weight is 256 g/mol. The first-order valence-corrected chi connectivity index (χ1v) is 7.40. The second kappa shape index (κ2) is 5.87. The van der Waals surface area contributed by atoms with Crippen LogP contribution >= 0.6 is 11.8 Å². The molecule has 1 aromatic heterocycles. The fraction of sp³-hybridized carbons (Fsp3) is 0.833. The van der Waals surface area contributed by atoms with Crippen molar-refractivity contribution in [3.8, 4) is 0 Å². The van der Waals surface area contributed by atoms with Crippen LogP contribution in [0.1, 0.15) is 62.4 Å². The minimum atomic E-state index is -0.401. The number of thioether (sulfide) groups is 1. The molecule has 0 bridgehead atoms. The van der Waals surface area contributed by atoms with Gasteiger partial charge in [0.25, 0.3) is 0 Å². The predicted molar refractivity (Wildman–Crippen MR) is 68.1 cm³/mol. The summed E-state index contributed by atoms with van der Waals surface area (Å²) >= 11 is 1.91. The normalized spacial score (nSPS) is 24.5. The highest BCUT2D eigenvalue weighted by molar-refractivity contribution is 7.99. The van der Waals surface area contributed by atoms with Gasteiger partial charge in [-0.3, -0.25) is 0 Å². The second-order valence-corrected chi connectivity index (χ2v) is 5.92. The van der Waals surface area contributed by atoms with Crippen molar-refractivity contribution >= 4 is 11.8 Å². The Bertz CT molecular complexity index is 334. The third-order valence-corrected chi connectivity index (χ3v) is 4.68. The summed E-state index contributed by atoms with van der Waals surface area (Å²) in [7, 11) is 0. The highest BCUT2D eigenvalue weighted by atomic mass is 32.2. The molecular formula is C12H20N2O2S. The number of nitrogens with zero attached hydrogens (tertiary/aromatic N) is 2. The molecule has 1 fully saturated rings. The van der Waals surface area contributed by atoms with Crippen molar-refractivity contribution in [2.45, 2.75) is 56.8 Å². The number of rotatable bonds is 4. The van der Waals surface area contributed by atoms with Crippen molar-refractivity contribution < 1.29 is 9.63 Å². The molecule has 0 aliphatic carbocycles. The molecule has 3 unspecified atom stereocenters. The Labute approximate surface area is 106 Å². The van der Waals surface area contributed by atoms with E-state index in [0.29, 0.717) is 17.6 Å². The topological polar surface area (TPSA) is 59.2 Å². The van der Waals surface area contributed by atoms with Crippen LogP contribution in [0.25, 0.3) is 0 Å². The first-order chi connectivity index (χ1) is 8.22. The number of hydrogen-bond donors (Lipinski definition) is 1. The van der Waals surface area contributed by atoms with E-state index in [9.17, 15) is 5.11 Å². The number of aliphatic hydroxyl groups excluding tert-OH is 1. The molecule has 1 saturated heterocycles. The fourth-order valence-corrected chi connectivity index (χ4v) is 3.26. The van der Waals surface area contributed by atoms with Crippen LogP contribution in [0.4, 0.5) is 0 Å². The molecule has 0 saturated carbocycles. The monoisotopic (exact) mass is 256 g/mol. The smallest absolute Gasteiger partial charge is 0.232 e. The first-order valence-electron chi connectivity index (χ1n) is 6.35. The minimum absolute atomic E-state index is 0.0742. The van der Waals surface area contributed by atoms with E-state index in [1.54, 1.807) is 0 Å². The number of hydrogen-bond acceptors (Lipinski definition) is 5. The van der Waals surface area contributed by atoms with E-state index < -0.39 is 6.10 Å². The average Bonchev–Trinajstić information content (AvgIpc) is 2.87. The van der Waals surface area contributed by atoms with Crippen LogP contribution in [0.15, 0.2) is 4.52 Å². The van der Waals surface area contributed by atoms with Gasteiger partial charge in [-0.25, -0.2) is 0 Å². The van der Waals surface area contributed by atoms with E-state index in [-0.39, 0.29) is 5.92 Å². The fourth-order valence-electron chi connectivity index (χ4n) is 2.03. The van der Waals surface area contributed by atoms with Crippen molar-refractivity contribution in [1.29, 1.82) is 0 Å². The summed E-state index contributed by atoms with van der Waals surface area (Å²) in [6.45, 7) is 3.88. The maximum Gasteiger partial charge on any atom is 0.232 e. The molecule has 1 aliphatic rings. The van der Waals surface area contributed by atoms with Gasteiger partial charge in [-0.15, -0.1) is 0 Å². The van der Waals surface area contributed by atoms with Gasteiger partial charge >= 0.3 is 0 Å². The molecule has 0 radical (unpaired) electrons. The molecule has 1 N–H and O–H groups in total. The lowest BCUT2D eigenvalue weighted by atomic mass is 10.0. The van der Waals surface area contributed by atoms with Gasteiger partial charge in [-0.2, -0.15) is 16.7 Å². The summed E-state index contributed by atoms with van der Waals surface area (Å²) in [5.41, 5.74) is 0. The van der Waals surface area contributed by atoms with Crippen LogP contribution in [0.3, 0.4) is 0 Å². The van der Waals surface area contributed by atoms with Crippen LogP contribution in [0.5, 0.6) is 0 Å². The van der Waals surface area contributed by atoms with E-state index in [2.05, 4.69) is 10.1 Å². The Hall–Kier alpha value is -0.550. The Kier molecular flexibility index (Phi) is 4.45. The molecule has 96 valence electrons. The Morgan fingerprint density at radius 3 is 3.00 bits per heavy atom. The second-order valence-electron chi connectivity index (χ2n) is 4.61. The summed E-state index contributed by atoms with van der Waals surface area (Å²) in [4.78, 5) is 4.44. The molecule has 2 rings (SSSR count). The Morgan fingerprint density at radius 2 is 2.35 bits per heavy atom. The minimum Gasteiger partial charge on any atom is -0.392 e. The lowest BCUT2D eigenvalue weighted by Crippen LogP contribution is -2.14. The zero-order valence-electron chi connectivity index (χ0n) is 10.4. The van der Waals surface area contributed by atoms with Crippen molar-refractivity contribution in [2.75, 3.05) is 5.75 Å². The SMILES string of the molecule is CCC(O)C(C)c1nc(C2CCCCS2)no1. The molecule has 0 spiro atoms. The van der Waals surface area contributed by atoms with Crippen LogP contribution in [0.2, 0.25) is 0 Å². The summed E-state index contributed by atoms with van der Waals surface area (Å²) < 4.78 is 5.27. The summed E-state index contributed by atoms with van der Waals surface area (Å²) in [6, 6.07) is 0. The van der Waals surface area contributed by atoms with E-state index >= 15 is 0 Å². The molecule has 0 amide bonds. The molecule has 3 atom stereocenters. The van der Waals surface area contributed by atoms with E-state index in [1.807, 2.05) is 25.6 Å². The zero-order valence-corrected chi connectivity index (χ0v) is 11.2.